The second kappa shape index (κ2) is 7.11. The van der Waals surface area contributed by atoms with E-state index in [1.165, 1.54) is 11.8 Å². The molecule has 20 heavy (non-hydrogen) atoms. The van der Waals surface area contributed by atoms with Crippen molar-refractivity contribution in [3.8, 4) is 6.01 Å². The van der Waals surface area contributed by atoms with E-state index < -0.39 is 0 Å². The molecular formula is C13H13Cl2N3OS. The summed E-state index contributed by atoms with van der Waals surface area (Å²) in [6, 6.07) is 7.88. The van der Waals surface area contributed by atoms with Crippen molar-refractivity contribution in [1.82, 2.24) is 15.0 Å². The number of nitrogens with zero attached hydrogens (tertiary/aromatic N) is 3. The van der Waals surface area contributed by atoms with Gasteiger partial charge in [0.1, 0.15) is 0 Å². The molecule has 0 aliphatic heterocycles. The van der Waals surface area contributed by atoms with Gasteiger partial charge >= 0.3 is 6.01 Å². The van der Waals surface area contributed by atoms with Crippen LogP contribution in [0.3, 0.4) is 0 Å². The third-order valence-electron chi connectivity index (χ3n) is 2.19. The first-order valence-corrected chi connectivity index (χ1v) is 7.72. The van der Waals surface area contributed by atoms with E-state index in [2.05, 4.69) is 15.0 Å². The van der Waals surface area contributed by atoms with Gasteiger partial charge in [0.05, 0.1) is 6.10 Å². The summed E-state index contributed by atoms with van der Waals surface area (Å²) in [5.41, 5.74) is 1.13. The van der Waals surface area contributed by atoms with E-state index in [1.807, 2.05) is 38.1 Å². The van der Waals surface area contributed by atoms with Gasteiger partial charge in [-0.3, -0.25) is 0 Å². The molecule has 0 aliphatic rings. The number of ether oxygens (including phenoxy) is 1. The van der Waals surface area contributed by atoms with Crippen molar-refractivity contribution in [2.24, 2.45) is 0 Å². The van der Waals surface area contributed by atoms with Crippen LogP contribution in [0.2, 0.25) is 10.3 Å². The number of hydrogen-bond donors (Lipinski definition) is 0. The van der Waals surface area contributed by atoms with Gasteiger partial charge in [-0.1, -0.05) is 35.5 Å². The lowest BCUT2D eigenvalue weighted by atomic mass is 10.2. The largest absolute Gasteiger partial charge is 0.461 e. The molecule has 4 nitrogen and oxygen atoms in total. The lowest BCUT2D eigenvalue weighted by Crippen LogP contribution is -2.09. The highest BCUT2D eigenvalue weighted by molar-refractivity contribution is 7.98. The lowest BCUT2D eigenvalue weighted by molar-refractivity contribution is 0.219. The number of rotatable bonds is 5. The van der Waals surface area contributed by atoms with Gasteiger partial charge in [0.2, 0.25) is 5.28 Å². The molecule has 0 saturated carbocycles. The van der Waals surface area contributed by atoms with Crippen LogP contribution in [0.15, 0.2) is 29.4 Å². The van der Waals surface area contributed by atoms with Gasteiger partial charge in [-0.15, -0.1) is 0 Å². The maximum Gasteiger partial charge on any atom is 0.321 e. The average molecular weight is 330 g/mol. The van der Waals surface area contributed by atoms with Crippen molar-refractivity contribution in [1.29, 1.82) is 0 Å². The Bertz CT molecular complexity index is 578. The summed E-state index contributed by atoms with van der Waals surface area (Å²) in [6.45, 7) is 3.80. The van der Waals surface area contributed by atoms with Gasteiger partial charge in [0.15, 0.2) is 5.16 Å². The van der Waals surface area contributed by atoms with Gasteiger partial charge in [-0.05, 0) is 43.1 Å². The molecule has 0 unspecified atom stereocenters. The minimum atomic E-state index is -0.0115. The maximum atomic E-state index is 5.86. The third kappa shape index (κ3) is 4.81. The Morgan fingerprint density at radius 1 is 1.10 bits per heavy atom. The van der Waals surface area contributed by atoms with Gasteiger partial charge in [0, 0.05) is 10.8 Å². The van der Waals surface area contributed by atoms with Crippen LogP contribution in [-0.2, 0) is 5.75 Å². The maximum absolute atomic E-state index is 5.86. The lowest BCUT2D eigenvalue weighted by Gasteiger charge is -2.08. The Kier molecular flexibility index (Phi) is 5.46. The van der Waals surface area contributed by atoms with Crippen LogP contribution in [-0.4, -0.2) is 21.1 Å². The zero-order valence-corrected chi connectivity index (χ0v) is 13.3. The Morgan fingerprint density at radius 3 is 2.45 bits per heavy atom. The molecule has 2 rings (SSSR count). The Balaban J connectivity index is 2.05. The van der Waals surface area contributed by atoms with Crippen molar-refractivity contribution in [2.75, 3.05) is 0 Å². The minimum Gasteiger partial charge on any atom is -0.461 e. The van der Waals surface area contributed by atoms with Gasteiger partial charge < -0.3 is 4.74 Å². The minimum absolute atomic E-state index is 0.0115. The number of aromatic nitrogens is 3. The quantitative estimate of drug-likeness (QED) is 0.767. The second-order valence-corrected chi connectivity index (χ2v) is 5.97. The summed E-state index contributed by atoms with van der Waals surface area (Å²) in [5, 5.41) is 1.39. The SMILES string of the molecule is CC(C)Oc1nc(Cl)nc(SCc2ccc(Cl)cc2)n1. The fraction of sp³-hybridized carbons (Fsp3) is 0.308. The van der Waals surface area contributed by atoms with E-state index >= 15 is 0 Å². The van der Waals surface area contributed by atoms with E-state index in [0.29, 0.717) is 5.16 Å². The van der Waals surface area contributed by atoms with Crippen LogP contribution < -0.4 is 4.74 Å². The summed E-state index contributed by atoms with van der Waals surface area (Å²) < 4.78 is 5.43. The molecule has 0 bridgehead atoms. The van der Waals surface area contributed by atoms with Crippen LogP contribution >= 0.6 is 35.0 Å². The van der Waals surface area contributed by atoms with Crippen molar-refractivity contribution in [2.45, 2.75) is 30.9 Å². The smallest absolute Gasteiger partial charge is 0.321 e. The number of thioether (sulfide) groups is 1. The topological polar surface area (TPSA) is 47.9 Å². The molecule has 0 atom stereocenters. The molecule has 0 spiro atoms. The molecule has 0 radical (unpaired) electrons. The predicted molar refractivity (Wildman–Crippen MR) is 81.6 cm³/mol. The van der Waals surface area contributed by atoms with E-state index in [-0.39, 0.29) is 17.4 Å². The molecule has 106 valence electrons. The van der Waals surface area contributed by atoms with E-state index in [0.717, 1.165) is 16.3 Å². The second-order valence-electron chi connectivity index (χ2n) is 4.25. The number of benzene rings is 1. The molecule has 1 heterocycles. The summed E-state index contributed by atoms with van der Waals surface area (Å²) in [7, 11) is 0. The fourth-order valence-corrected chi connectivity index (χ4v) is 2.48. The summed E-state index contributed by atoms with van der Waals surface area (Å²) in [5.74, 6) is 0.721. The van der Waals surface area contributed by atoms with Crippen LogP contribution in [0.25, 0.3) is 0 Å². The summed E-state index contributed by atoms with van der Waals surface area (Å²) in [4.78, 5) is 12.2. The van der Waals surface area contributed by atoms with Crippen LogP contribution in [0, 0.1) is 0 Å². The molecule has 1 aromatic carbocycles. The Labute approximate surface area is 131 Å². The molecule has 7 heteroatoms. The third-order valence-corrected chi connectivity index (χ3v) is 3.53. The summed E-state index contributed by atoms with van der Waals surface area (Å²) >= 11 is 13.2. The van der Waals surface area contributed by atoms with E-state index in [1.54, 1.807) is 0 Å². The predicted octanol–water partition coefficient (Wildman–Crippen LogP) is 4.26. The van der Waals surface area contributed by atoms with Crippen LogP contribution in [0.5, 0.6) is 6.01 Å². The molecule has 0 amide bonds. The zero-order valence-electron chi connectivity index (χ0n) is 11.0. The van der Waals surface area contributed by atoms with Gasteiger partial charge in [-0.25, -0.2) is 0 Å². The van der Waals surface area contributed by atoms with Crippen LogP contribution in [0.4, 0.5) is 0 Å². The first-order chi connectivity index (χ1) is 9.52. The van der Waals surface area contributed by atoms with Crippen molar-refractivity contribution >= 4 is 35.0 Å². The average Bonchev–Trinajstić information content (AvgIpc) is 2.36. The molecule has 0 saturated heterocycles. The van der Waals surface area contributed by atoms with Gasteiger partial charge in [-0.2, -0.15) is 15.0 Å². The standard InChI is InChI=1S/C13H13Cl2N3OS/c1-8(2)19-12-16-11(15)17-13(18-12)20-7-9-3-5-10(14)6-4-9/h3-6,8H,7H2,1-2H3. The van der Waals surface area contributed by atoms with Crippen molar-refractivity contribution in [3.05, 3.63) is 40.1 Å². The molecular weight excluding hydrogens is 317 g/mol. The van der Waals surface area contributed by atoms with Crippen molar-refractivity contribution in [3.63, 3.8) is 0 Å². The Hall–Kier alpha value is -1.04. The molecule has 0 N–H and O–H groups in total. The molecule has 0 fully saturated rings. The molecule has 0 aliphatic carbocycles. The highest BCUT2D eigenvalue weighted by Crippen LogP contribution is 2.23. The van der Waals surface area contributed by atoms with Crippen molar-refractivity contribution < 1.29 is 4.74 Å². The monoisotopic (exact) mass is 329 g/mol. The van der Waals surface area contributed by atoms with Crippen LogP contribution in [0.1, 0.15) is 19.4 Å². The molecule has 1 aromatic heterocycles. The number of hydrogen-bond acceptors (Lipinski definition) is 5. The highest BCUT2D eigenvalue weighted by atomic mass is 35.5. The Morgan fingerprint density at radius 2 is 1.80 bits per heavy atom. The normalized spacial score (nSPS) is 10.8. The zero-order chi connectivity index (χ0) is 14.5. The summed E-state index contributed by atoms with van der Waals surface area (Å²) in [6.07, 6.45) is -0.0115. The van der Waals surface area contributed by atoms with Gasteiger partial charge in [0.25, 0.3) is 0 Å². The first kappa shape index (κ1) is 15.4. The first-order valence-electron chi connectivity index (χ1n) is 5.98. The highest BCUT2D eigenvalue weighted by Gasteiger charge is 2.08. The van der Waals surface area contributed by atoms with E-state index in [9.17, 15) is 0 Å². The van der Waals surface area contributed by atoms with E-state index in [4.69, 9.17) is 27.9 Å². The fourth-order valence-electron chi connectivity index (χ4n) is 1.37. The number of halogens is 2. The molecule has 2 aromatic rings.